The number of hydrogen-bond acceptors (Lipinski definition) is 3. The van der Waals surface area contributed by atoms with Gasteiger partial charge in [-0.15, -0.1) is 24.0 Å². The van der Waals surface area contributed by atoms with Crippen molar-refractivity contribution in [2.75, 3.05) is 26.4 Å². The monoisotopic (exact) mass is 501 g/mol. The molecule has 0 aliphatic heterocycles. The Balaban J connectivity index is 0.00000364. The lowest BCUT2D eigenvalue weighted by Crippen LogP contribution is -2.38. The molecule has 0 atom stereocenters. The van der Waals surface area contributed by atoms with Gasteiger partial charge in [0.1, 0.15) is 0 Å². The summed E-state index contributed by atoms with van der Waals surface area (Å²) in [5, 5.41) is 3.31. The number of halogens is 1. The quantitative estimate of drug-likeness (QED) is 0.359. The van der Waals surface area contributed by atoms with Gasteiger partial charge in [0, 0.05) is 32.9 Å². The van der Waals surface area contributed by atoms with E-state index in [0.717, 1.165) is 31.0 Å². The van der Waals surface area contributed by atoms with Crippen LogP contribution in [0.25, 0.3) is 0 Å². The van der Waals surface area contributed by atoms with Crippen LogP contribution in [0, 0.1) is 0 Å². The smallest absolute Gasteiger partial charge is 0.193 e. The molecule has 2 rings (SSSR count). The summed E-state index contributed by atoms with van der Waals surface area (Å²) >= 11 is 0. The molecule has 27 heavy (non-hydrogen) atoms. The third-order valence-electron chi connectivity index (χ3n) is 3.97. The Morgan fingerprint density at radius 1 is 1.04 bits per heavy atom. The predicted molar refractivity (Wildman–Crippen MR) is 123 cm³/mol. The second-order valence-corrected chi connectivity index (χ2v) is 8.26. The molecule has 0 unspecified atom stereocenters. The summed E-state index contributed by atoms with van der Waals surface area (Å²) in [6, 6.07) is 17.3. The van der Waals surface area contributed by atoms with Crippen molar-refractivity contribution in [3.8, 4) is 0 Å². The number of nitrogens with one attached hydrogen (secondary N) is 1. The molecule has 0 radical (unpaired) electrons. The zero-order valence-corrected chi connectivity index (χ0v) is 19.2. The highest BCUT2D eigenvalue weighted by molar-refractivity contribution is 14.0. The molecule has 0 amide bonds. The van der Waals surface area contributed by atoms with Crippen LogP contribution in [0.5, 0.6) is 0 Å². The Bertz CT molecular complexity index is 822. The number of rotatable bonds is 7. The highest BCUT2D eigenvalue weighted by atomic mass is 127. The van der Waals surface area contributed by atoms with Gasteiger partial charge in [0.15, 0.2) is 15.8 Å². The maximum atomic E-state index is 11.5. The minimum Gasteiger partial charge on any atom is -0.357 e. The van der Waals surface area contributed by atoms with E-state index in [0.29, 0.717) is 11.4 Å². The van der Waals surface area contributed by atoms with E-state index in [4.69, 9.17) is 0 Å². The molecule has 2 aromatic rings. The maximum absolute atomic E-state index is 11.5. The third kappa shape index (κ3) is 7.88. The molecule has 148 valence electrons. The van der Waals surface area contributed by atoms with Gasteiger partial charge < -0.3 is 10.2 Å². The van der Waals surface area contributed by atoms with E-state index in [9.17, 15) is 8.42 Å². The van der Waals surface area contributed by atoms with Crippen LogP contribution in [-0.4, -0.2) is 45.7 Å². The lowest BCUT2D eigenvalue weighted by Gasteiger charge is -2.22. The molecule has 0 aliphatic carbocycles. The van der Waals surface area contributed by atoms with Gasteiger partial charge in [-0.3, -0.25) is 4.99 Å². The average Bonchev–Trinajstić information content (AvgIpc) is 2.61. The standard InChI is InChI=1S/C20H27N3O2S.HI/c1-4-21-20(23(2)16-18-8-6-5-7-9-18)22-15-14-17-10-12-19(13-11-17)26(3,24)25;/h5-13H,4,14-16H2,1-3H3,(H,21,22);1H. The number of hydrogen-bond donors (Lipinski definition) is 1. The normalized spacial score (nSPS) is 11.6. The molecule has 0 fully saturated rings. The summed E-state index contributed by atoms with van der Waals surface area (Å²) in [6.07, 6.45) is 1.98. The van der Waals surface area contributed by atoms with Gasteiger partial charge in [0.25, 0.3) is 0 Å². The largest absolute Gasteiger partial charge is 0.357 e. The Morgan fingerprint density at radius 3 is 2.22 bits per heavy atom. The van der Waals surface area contributed by atoms with Crippen LogP contribution < -0.4 is 5.32 Å². The first kappa shape index (κ1) is 23.4. The summed E-state index contributed by atoms with van der Waals surface area (Å²) in [4.78, 5) is 7.14. The van der Waals surface area contributed by atoms with Gasteiger partial charge >= 0.3 is 0 Å². The molecule has 0 heterocycles. The lowest BCUT2D eigenvalue weighted by atomic mass is 10.1. The second-order valence-electron chi connectivity index (χ2n) is 6.24. The molecule has 5 nitrogen and oxygen atoms in total. The maximum Gasteiger partial charge on any atom is 0.193 e. The van der Waals surface area contributed by atoms with Crippen molar-refractivity contribution in [3.63, 3.8) is 0 Å². The Kier molecular flexibility index (Phi) is 9.79. The van der Waals surface area contributed by atoms with Gasteiger partial charge in [0.05, 0.1) is 4.90 Å². The van der Waals surface area contributed by atoms with Crippen LogP contribution in [0.4, 0.5) is 0 Å². The van der Waals surface area contributed by atoms with E-state index in [1.807, 2.05) is 37.4 Å². The van der Waals surface area contributed by atoms with Gasteiger partial charge in [-0.25, -0.2) is 8.42 Å². The van der Waals surface area contributed by atoms with Crippen molar-refractivity contribution < 1.29 is 8.42 Å². The Morgan fingerprint density at radius 2 is 1.67 bits per heavy atom. The van der Waals surface area contributed by atoms with E-state index >= 15 is 0 Å². The summed E-state index contributed by atoms with van der Waals surface area (Å²) in [5.74, 6) is 0.865. The van der Waals surface area contributed by atoms with Crippen molar-refractivity contribution in [2.24, 2.45) is 4.99 Å². The van der Waals surface area contributed by atoms with Gasteiger partial charge in [-0.2, -0.15) is 0 Å². The lowest BCUT2D eigenvalue weighted by molar-refractivity contribution is 0.477. The third-order valence-corrected chi connectivity index (χ3v) is 5.10. The first-order valence-corrected chi connectivity index (χ1v) is 10.6. The summed E-state index contributed by atoms with van der Waals surface area (Å²) < 4.78 is 23.0. The van der Waals surface area contributed by atoms with Gasteiger partial charge in [-0.1, -0.05) is 42.5 Å². The number of guanidine groups is 1. The first-order chi connectivity index (χ1) is 12.4. The number of nitrogens with zero attached hydrogens (tertiary/aromatic N) is 2. The van der Waals surface area contributed by atoms with Crippen LogP contribution in [0.1, 0.15) is 18.1 Å². The van der Waals surface area contributed by atoms with Crippen LogP contribution >= 0.6 is 24.0 Å². The fourth-order valence-corrected chi connectivity index (χ4v) is 3.23. The predicted octanol–water partition coefficient (Wildman–Crippen LogP) is 3.35. The topological polar surface area (TPSA) is 61.8 Å². The summed E-state index contributed by atoms with van der Waals surface area (Å²) in [6.45, 7) is 4.28. The SMILES string of the molecule is CCNC(=NCCc1ccc(S(C)(=O)=O)cc1)N(C)Cc1ccccc1.I. The van der Waals surface area contributed by atoms with Gasteiger partial charge in [0.2, 0.25) is 0 Å². The van der Waals surface area contributed by atoms with Crippen LogP contribution in [0.3, 0.4) is 0 Å². The van der Waals surface area contributed by atoms with Crippen molar-refractivity contribution in [1.82, 2.24) is 10.2 Å². The number of aliphatic imine (C=N–C) groups is 1. The van der Waals surface area contributed by atoms with Crippen LogP contribution in [0.15, 0.2) is 64.5 Å². The first-order valence-electron chi connectivity index (χ1n) is 8.72. The minimum atomic E-state index is -3.15. The van der Waals surface area contributed by atoms with Crippen molar-refractivity contribution in [2.45, 2.75) is 24.8 Å². The van der Waals surface area contributed by atoms with E-state index in [1.54, 1.807) is 12.1 Å². The molecule has 0 aliphatic rings. The molecule has 2 aromatic carbocycles. The van der Waals surface area contributed by atoms with Crippen molar-refractivity contribution >= 4 is 39.8 Å². The minimum absolute atomic E-state index is 0. The van der Waals surface area contributed by atoms with E-state index in [-0.39, 0.29) is 24.0 Å². The molecule has 0 spiro atoms. The second kappa shape index (κ2) is 11.3. The van der Waals surface area contributed by atoms with E-state index in [2.05, 4.69) is 34.3 Å². The molecule has 0 saturated carbocycles. The van der Waals surface area contributed by atoms with Crippen molar-refractivity contribution in [1.29, 1.82) is 0 Å². The number of sulfone groups is 1. The fraction of sp³-hybridized carbons (Fsp3) is 0.350. The zero-order valence-electron chi connectivity index (χ0n) is 16.1. The summed E-state index contributed by atoms with van der Waals surface area (Å²) in [5.41, 5.74) is 2.31. The molecule has 0 saturated heterocycles. The Hall–Kier alpha value is -1.61. The zero-order chi connectivity index (χ0) is 19.0. The van der Waals surface area contributed by atoms with Crippen LogP contribution in [-0.2, 0) is 22.8 Å². The molecule has 0 aromatic heterocycles. The highest BCUT2D eigenvalue weighted by Gasteiger charge is 2.07. The summed E-state index contributed by atoms with van der Waals surface area (Å²) in [7, 11) is -1.12. The fourth-order valence-electron chi connectivity index (χ4n) is 2.60. The molecule has 7 heteroatoms. The molecular formula is C20H28IN3O2S. The highest BCUT2D eigenvalue weighted by Crippen LogP contribution is 2.11. The Labute approximate surface area is 179 Å². The number of benzene rings is 2. The molecule has 0 bridgehead atoms. The van der Waals surface area contributed by atoms with Crippen LogP contribution in [0.2, 0.25) is 0 Å². The van der Waals surface area contributed by atoms with Crippen molar-refractivity contribution in [3.05, 3.63) is 65.7 Å². The van der Waals surface area contributed by atoms with Gasteiger partial charge in [-0.05, 0) is 36.6 Å². The van der Waals surface area contributed by atoms with E-state index in [1.165, 1.54) is 11.8 Å². The average molecular weight is 501 g/mol. The van der Waals surface area contributed by atoms with E-state index < -0.39 is 9.84 Å². The molecule has 1 N–H and O–H groups in total. The molecular weight excluding hydrogens is 473 g/mol.